The van der Waals surface area contributed by atoms with Crippen LogP contribution < -0.4 is 11.1 Å². The zero-order valence-electron chi connectivity index (χ0n) is 27.6. The fraction of sp³-hybridized carbons (Fsp3) is 0.344. The highest BCUT2D eigenvalue weighted by Gasteiger charge is 2.45. The molecular weight excluding hydrogens is 749 g/mol. The smallest absolute Gasteiger partial charge is 0.475 e. The van der Waals surface area contributed by atoms with Crippen molar-refractivity contribution in [2.24, 2.45) is 0 Å². The van der Waals surface area contributed by atoms with Gasteiger partial charge in [0, 0.05) is 54.1 Å². The van der Waals surface area contributed by atoms with Crippen LogP contribution in [0.4, 0.5) is 51.1 Å². The predicted molar refractivity (Wildman–Crippen MR) is 169 cm³/mol. The molecule has 0 bridgehead atoms. The van der Waals surface area contributed by atoms with Gasteiger partial charge in [0.2, 0.25) is 5.91 Å². The number of pyridine rings is 1. The highest BCUT2D eigenvalue weighted by Crippen LogP contribution is 2.42. The number of carboxylic acid groups (broad SMARTS) is 2. The van der Waals surface area contributed by atoms with Gasteiger partial charge in [-0.2, -0.15) is 39.5 Å². The van der Waals surface area contributed by atoms with Crippen molar-refractivity contribution >= 4 is 40.9 Å². The highest BCUT2D eigenvalue weighted by molar-refractivity contribution is 6.04. The van der Waals surface area contributed by atoms with Crippen LogP contribution in [0.25, 0.3) is 16.8 Å². The number of nitrogens with one attached hydrogen (secondary N) is 1. The summed E-state index contributed by atoms with van der Waals surface area (Å²) >= 11 is 0. The summed E-state index contributed by atoms with van der Waals surface area (Å²) in [6.45, 7) is 2.68. The fourth-order valence-electron chi connectivity index (χ4n) is 5.77. The first-order valence-electron chi connectivity index (χ1n) is 15.4. The van der Waals surface area contributed by atoms with Crippen LogP contribution in [0.1, 0.15) is 54.4 Å². The van der Waals surface area contributed by atoms with Crippen LogP contribution in [-0.2, 0) is 26.0 Å². The summed E-state index contributed by atoms with van der Waals surface area (Å²) in [6, 6.07) is 8.43. The molecule has 0 radical (unpaired) electrons. The summed E-state index contributed by atoms with van der Waals surface area (Å²) in [5.74, 6) is -5.07. The number of nitrogen functional groups attached to an aromatic ring is 1. The molecule has 2 fully saturated rings. The van der Waals surface area contributed by atoms with E-state index in [4.69, 9.17) is 30.5 Å². The molecule has 2 amide bonds. The molecule has 0 spiro atoms. The van der Waals surface area contributed by atoms with Crippen LogP contribution in [0.2, 0.25) is 0 Å². The van der Waals surface area contributed by atoms with Gasteiger partial charge < -0.3 is 26.2 Å². The normalized spacial score (nSPS) is 18.5. The molecule has 1 aromatic carbocycles. The minimum Gasteiger partial charge on any atom is -0.475 e. The molecule has 3 aromatic heterocycles. The minimum absolute atomic E-state index is 0.174. The number of alkyl halides is 9. The summed E-state index contributed by atoms with van der Waals surface area (Å²) in [7, 11) is 0. The molecule has 2 saturated heterocycles. The van der Waals surface area contributed by atoms with Crippen molar-refractivity contribution in [1.29, 1.82) is 0 Å². The molecule has 6 rings (SSSR count). The lowest BCUT2D eigenvalue weighted by Gasteiger charge is -2.41. The van der Waals surface area contributed by atoms with Gasteiger partial charge in [-0.1, -0.05) is 19.1 Å². The van der Waals surface area contributed by atoms with E-state index in [1.165, 1.54) is 0 Å². The van der Waals surface area contributed by atoms with Crippen LogP contribution in [0.5, 0.6) is 0 Å². The lowest BCUT2D eigenvalue weighted by Crippen LogP contribution is -2.49. The van der Waals surface area contributed by atoms with Crippen LogP contribution in [0, 0.1) is 0 Å². The number of amides is 2. The summed E-state index contributed by atoms with van der Waals surface area (Å²) in [5, 5.41) is 16.7. The number of piperidine rings is 1. The van der Waals surface area contributed by atoms with Gasteiger partial charge in [-0.25, -0.2) is 24.5 Å². The number of aromatic nitrogens is 4. The Bertz CT molecular complexity index is 2030. The van der Waals surface area contributed by atoms with Crippen molar-refractivity contribution in [1.82, 2.24) is 24.3 Å². The number of nitrogens with zero attached hydrogens (tertiary/aromatic N) is 5. The molecular formula is C32H28F9N7O6. The lowest BCUT2D eigenvalue weighted by molar-refractivity contribution is -0.193. The second-order valence-electron chi connectivity index (χ2n) is 12.2. The second-order valence-corrected chi connectivity index (χ2v) is 12.2. The molecule has 0 saturated carbocycles. The molecule has 4 aromatic rings. The maximum atomic E-state index is 13.0. The van der Waals surface area contributed by atoms with Gasteiger partial charge in [0.15, 0.2) is 0 Å². The molecule has 5 heterocycles. The Morgan fingerprint density at radius 2 is 1.50 bits per heavy atom. The minimum atomic E-state index is -5.08. The van der Waals surface area contributed by atoms with E-state index in [1.807, 2.05) is 15.5 Å². The predicted octanol–water partition coefficient (Wildman–Crippen LogP) is 5.95. The van der Waals surface area contributed by atoms with Gasteiger partial charge in [-0.3, -0.25) is 14.0 Å². The summed E-state index contributed by atoms with van der Waals surface area (Å²) in [6.07, 6.45) is -7.06. The quantitative estimate of drug-likeness (QED) is 0.180. The number of fused-ring (bicyclic) bond motifs is 2. The van der Waals surface area contributed by atoms with E-state index in [1.54, 1.807) is 30.5 Å². The molecule has 13 nitrogen and oxygen atoms in total. The van der Waals surface area contributed by atoms with Crippen LogP contribution >= 0.6 is 0 Å². The van der Waals surface area contributed by atoms with Crippen molar-refractivity contribution < 1.29 is 68.9 Å². The second kappa shape index (κ2) is 15.2. The van der Waals surface area contributed by atoms with Gasteiger partial charge >= 0.3 is 30.5 Å². The molecule has 2 aliphatic rings. The standard InChI is InChI=1S/C28H26F3N7O2.2C2HF3O2/c1-27(10-8-19-6-7-21(39)38(19)15-27)26-36-22(23-24(32)34-12-13-37(23)26)16-2-4-17(5-3-16)25(40)35-20-14-18(9-11-33-20)28(29,30)31;2*3-2(4,5)1(6)7/h2-5,9,11-14,19H,6-8,10,15H2,1H3,(H2,32,34)(H,33,35,40);2*(H,6,7)/t19-,27-;;/m1../s1. The third-order valence-corrected chi connectivity index (χ3v) is 8.36. The van der Waals surface area contributed by atoms with Crippen molar-refractivity contribution in [2.75, 3.05) is 17.6 Å². The average molecular weight is 778 g/mol. The number of benzene rings is 1. The van der Waals surface area contributed by atoms with E-state index in [9.17, 15) is 49.1 Å². The van der Waals surface area contributed by atoms with Gasteiger partial charge in [-0.15, -0.1) is 0 Å². The van der Waals surface area contributed by atoms with Crippen LogP contribution in [0.3, 0.4) is 0 Å². The van der Waals surface area contributed by atoms with Crippen molar-refractivity contribution in [3.05, 3.63) is 71.9 Å². The maximum absolute atomic E-state index is 13.0. The number of anilines is 2. The summed E-state index contributed by atoms with van der Waals surface area (Å²) < 4.78 is 104. The van der Waals surface area contributed by atoms with E-state index in [0.29, 0.717) is 35.6 Å². The maximum Gasteiger partial charge on any atom is 0.490 e. The molecule has 5 N–H and O–H groups in total. The fourth-order valence-corrected chi connectivity index (χ4v) is 5.77. The monoisotopic (exact) mass is 777 g/mol. The molecule has 290 valence electrons. The van der Waals surface area contributed by atoms with E-state index in [-0.39, 0.29) is 23.3 Å². The number of aliphatic carboxylic acids is 2. The molecule has 54 heavy (non-hydrogen) atoms. The van der Waals surface area contributed by atoms with Gasteiger partial charge in [0.1, 0.15) is 28.7 Å². The Morgan fingerprint density at radius 1 is 0.907 bits per heavy atom. The number of carbonyl (C=O) groups excluding carboxylic acids is 2. The molecule has 22 heteroatoms. The van der Waals surface area contributed by atoms with E-state index < -0.39 is 47.4 Å². The van der Waals surface area contributed by atoms with E-state index >= 15 is 0 Å². The number of imidazole rings is 1. The Labute approximate surface area is 297 Å². The third kappa shape index (κ3) is 9.33. The largest absolute Gasteiger partial charge is 0.490 e. The number of carbonyl (C=O) groups is 4. The number of hydrogen-bond donors (Lipinski definition) is 4. The number of nitrogens with two attached hydrogens (primary N) is 1. The highest BCUT2D eigenvalue weighted by atomic mass is 19.4. The summed E-state index contributed by atoms with van der Waals surface area (Å²) in [5.41, 5.74) is 7.13. The Kier molecular flexibility index (Phi) is 11.5. The van der Waals surface area contributed by atoms with Crippen molar-refractivity contribution in [3.63, 3.8) is 0 Å². The van der Waals surface area contributed by atoms with Crippen molar-refractivity contribution in [3.8, 4) is 11.3 Å². The molecule has 2 atom stereocenters. The van der Waals surface area contributed by atoms with E-state index in [0.717, 1.165) is 43.4 Å². The van der Waals surface area contributed by atoms with Gasteiger partial charge in [0.25, 0.3) is 5.91 Å². The Hall–Kier alpha value is -5.96. The SMILES string of the molecule is C[C@@]1(c2nc(-c3ccc(C(=O)Nc4cc(C(F)(F)F)ccn4)cc3)c3c(N)nccn23)CC[C@H]2CCC(=O)N2C1.O=C(O)C(F)(F)F.O=C(O)C(F)(F)F. The zero-order valence-corrected chi connectivity index (χ0v) is 27.6. The molecule has 0 unspecified atom stereocenters. The summed E-state index contributed by atoms with van der Waals surface area (Å²) in [4.78, 5) is 58.1. The first-order valence-corrected chi connectivity index (χ1v) is 15.4. The van der Waals surface area contributed by atoms with Gasteiger partial charge in [-0.05, 0) is 43.5 Å². The first-order chi connectivity index (χ1) is 24.9. The topological polar surface area (TPSA) is 193 Å². The Morgan fingerprint density at radius 3 is 2.06 bits per heavy atom. The third-order valence-electron chi connectivity index (χ3n) is 8.36. The van der Waals surface area contributed by atoms with Gasteiger partial charge in [0.05, 0.1) is 5.56 Å². The van der Waals surface area contributed by atoms with Crippen molar-refractivity contribution in [2.45, 2.75) is 62.6 Å². The lowest BCUT2D eigenvalue weighted by atomic mass is 9.79. The first kappa shape index (κ1) is 40.8. The number of halogens is 9. The van der Waals surface area contributed by atoms with Crippen LogP contribution in [-0.4, -0.2) is 83.2 Å². The number of carboxylic acids is 2. The molecule has 0 aliphatic carbocycles. The zero-order chi connectivity index (χ0) is 40.4. The number of hydrogen-bond acceptors (Lipinski definition) is 8. The molecule has 2 aliphatic heterocycles. The average Bonchev–Trinajstić information content (AvgIpc) is 3.66. The van der Waals surface area contributed by atoms with Crippen LogP contribution in [0.15, 0.2) is 55.0 Å². The number of rotatable bonds is 4. The van der Waals surface area contributed by atoms with E-state index in [2.05, 4.69) is 22.2 Å². The Balaban J connectivity index is 0.000000396.